The van der Waals surface area contributed by atoms with E-state index in [4.69, 9.17) is 5.73 Å². The van der Waals surface area contributed by atoms with E-state index >= 15 is 0 Å². The van der Waals surface area contributed by atoms with Crippen LogP contribution in [0.1, 0.15) is 50.8 Å². The highest BCUT2D eigenvalue weighted by atomic mass is 15.6. The van der Waals surface area contributed by atoms with Crippen molar-refractivity contribution in [2.24, 2.45) is 18.2 Å². The van der Waals surface area contributed by atoms with Gasteiger partial charge in [0.05, 0.1) is 7.05 Å². The maximum Gasteiger partial charge on any atom is 0.175 e. The fourth-order valence-corrected chi connectivity index (χ4v) is 2.84. The molecule has 0 amide bonds. The van der Waals surface area contributed by atoms with Crippen molar-refractivity contribution in [2.75, 3.05) is 6.54 Å². The number of nitrogens with zero attached hydrogens (tertiary/aromatic N) is 4. The maximum absolute atomic E-state index is 6.03. The van der Waals surface area contributed by atoms with Gasteiger partial charge in [-0.25, -0.2) is 0 Å². The van der Waals surface area contributed by atoms with Crippen molar-refractivity contribution in [3.05, 3.63) is 5.82 Å². The van der Waals surface area contributed by atoms with Gasteiger partial charge in [-0.3, -0.25) is 0 Å². The van der Waals surface area contributed by atoms with Crippen LogP contribution in [0.3, 0.4) is 0 Å². The second-order valence-electron chi connectivity index (χ2n) is 5.34. The third-order valence-electron chi connectivity index (χ3n) is 3.93. The van der Waals surface area contributed by atoms with Crippen LogP contribution in [0, 0.1) is 5.41 Å². The zero-order valence-corrected chi connectivity index (χ0v) is 10.7. The third-order valence-corrected chi connectivity index (χ3v) is 3.93. The molecule has 1 heterocycles. The topological polar surface area (TPSA) is 69.6 Å². The molecule has 1 aliphatic carbocycles. The summed E-state index contributed by atoms with van der Waals surface area (Å²) < 4.78 is 0. The summed E-state index contributed by atoms with van der Waals surface area (Å²) in [5.74, 6) is 0.846. The minimum Gasteiger partial charge on any atom is -0.330 e. The zero-order valence-electron chi connectivity index (χ0n) is 10.7. The van der Waals surface area contributed by atoms with Crippen LogP contribution in [0.4, 0.5) is 0 Å². The highest BCUT2D eigenvalue weighted by Gasteiger charge is 2.30. The lowest BCUT2D eigenvalue weighted by atomic mass is 9.74. The van der Waals surface area contributed by atoms with E-state index in [0.29, 0.717) is 0 Å². The van der Waals surface area contributed by atoms with E-state index in [-0.39, 0.29) is 5.41 Å². The predicted molar refractivity (Wildman–Crippen MR) is 66.3 cm³/mol. The predicted octanol–water partition coefficient (Wildman–Crippen LogP) is 1.44. The summed E-state index contributed by atoms with van der Waals surface area (Å²) in [6.07, 6.45) is 9.95. The van der Waals surface area contributed by atoms with E-state index in [0.717, 1.165) is 18.8 Å². The molecular formula is C12H23N5. The molecule has 2 rings (SSSR count). The molecule has 1 aliphatic rings. The Kier molecular flexibility index (Phi) is 4.10. The zero-order chi connectivity index (χ0) is 12.1. The Hall–Kier alpha value is -0.970. The van der Waals surface area contributed by atoms with Crippen LogP contribution in [0.25, 0.3) is 0 Å². The van der Waals surface area contributed by atoms with Gasteiger partial charge >= 0.3 is 0 Å². The summed E-state index contributed by atoms with van der Waals surface area (Å²) in [5.41, 5.74) is 6.24. The number of rotatable bonds is 3. The minimum absolute atomic E-state index is 0.212. The van der Waals surface area contributed by atoms with E-state index in [1.54, 1.807) is 0 Å². The molecule has 0 aromatic carbocycles. The Bertz CT molecular complexity index is 338. The van der Waals surface area contributed by atoms with Crippen LogP contribution in [0.2, 0.25) is 0 Å². The highest BCUT2D eigenvalue weighted by molar-refractivity contribution is 4.92. The van der Waals surface area contributed by atoms with E-state index in [9.17, 15) is 0 Å². The van der Waals surface area contributed by atoms with Gasteiger partial charge in [0.1, 0.15) is 0 Å². The quantitative estimate of drug-likeness (QED) is 0.863. The van der Waals surface area contributed by atoms with Crippen molar-refractivity contribution in [1.82, 2.24) is 20.2 Å². The normalized spacial score (nSPS) is 20.8. The molecule has 17 heavy (non-hydrogen) atoms. The molecule has 0 spiro atoms. The Morgan fingerprint density at radius 1 is 1.18 bits per heavy atom. The second-order valence-corrected chi connectivity index (χ2v) is 5.34. The molecule has 5 nitrogen and oxygen atoms in total. The summed E-state index contributed by atoms with van der Waals surface area (Å²) in [4.78, 5) is 1.53. The summed E-state index contributed by atoms with van der Waals surface area (Å²) in [6, 6.07) is 0. The van der Waals surface area contributed by atoms with Gasteiger partial charge in [-0.05, 0) is 30.0 Å². The Balaban J connectivity index is 2.05. The summed E-state index contributed by atoms with van der Waals surface area (Å²) >= 11 is 0. The minimum atomic E-state index is 0.212. The van der Waals surface area contributed by atoms with Gasteiger partial charge in [-0.2, -0.15) is 4.80 Å². The Morgan fingerprint density at radius 2 is 1.82 bits per heavy atom. The molecule has 1 aromatic heterocycles. The van der Waals surface area contributed by atoms with Crippen LogP contribution >= 0.6 is 0 Å². The molecule has 0 aliphatic heterocycles. The molecule has 0 bridgehead atoms. The largest absolute Gasteiger partial charge is 0.330 e. The van der Waals surface area contributed by atoms with E-state index in [1.165, 1.54) is 49.7 Å². The van der Waals surface area contributed by atoms with Crippen molar-refractivity contribution >= 4 is 0 Å². The van der Waals surface area contributed by atoms with E-state index in [2.05, 4.69) is 15.4 Å². The SMILES string of the molecule is Cn1nnc(CC2(CN)CCCCCCC2)n1. The van der Waals surface area contributed by atoms with Gasteiger partial charge in [0, 0.05) is 6.42 Å². The van der Waals surface area contributed by atoms with Gasteiger partial charge in [0.2, 0.25) is 0 Å². The Morgan fingerprint density at radius 3 is 2.35 bits per heavy atom. The van der Waals surface area contributed by atoms with Crippen LogP contribution < -0.4 is 5.73 Å². The molecule has 0 atom stereocenters. The molecule has 1 fully saturated rings. The first-order chi connectivity index (χ1) is 8.24. The molecule has 1 saturated carbocycles. The molecule has 2 N–H and O–H groups in total. The fourth-order valence-electron chi connectivity index (χ4n) is 2.84. The van der Waals surface area contributed by atoms with Gasteiger partial charge in [-0.15, -0.1) is 10.2 Å². The van der Waals surface area contributed by atoms with Gasteiger partial charge in [0.15, 0.2) is 5.82 Å². The first kappa shape index (κ1) is 12.5. The number of aryl methyl sites for hydroxylation is 1. The molecule has 0 unspecified atom stereocenters. The standard InChI is InChI=1S/C12H23N5/c1-17-15-11(14-16-17)9-12(10-13)7-5-3-2-4-6-8-12/h2-10,13H2,1H3. The summed E-state index contributed by atoms with van der Waals surface area (Å²) in [7, 11) is 1.81. The monoisotopic (exact) mass is 237 g/mol. The second kappa shape index (κ2) is 5.58. The number of tetrazole rings is 1. The fraction of sp³-hybridized carbons (Fsp3) is 0.917. The number of aromatic nitrogens is 4. The first-order valence-corrected chi connectivity index (χ1v) is 6.67. The van der Waals surface area contributed by atoms with Crippen molar-refractivity contribution in [3.8, 4) is 0 Å². The molecule has 0 saturated heterocycles. The lowest BCUT2D eigenvalue weighted by Crippen LogP contribution is -2.34. The smallest absolute Gasteiger partial charge is 0.175 e. The molecule has 96 valence electrons. The third kappa shape index (κ3) is 3.25. The molecule has 5 heteroatoms. The van der Waals surface area contributed by atoms with Crippen molar-refractivity contribution in [3.63, 3.8) is 0 Å². The van der Waals surface area contributed by atoms with Crippen LogP contribution in [0.5, 0.6) is 0 Å². The van der Waals surface area contributed by atoms with Crippen molar-refractivity contribution < 1.29 is 0 Å². The van der Waals surface area contributed by atoms with Gasteiger partial charge in [0.25, 0.3) is 0 Å². The lowest BCUT2D eigenvalue weighted by Gasteiger charge is -2.33. The van der Waals surface area contributed by atoms with Crippen LogP contribution in [0.15, 0.2) is 0 Å². The van der Waals surface area contributed by atoms with Crippen LogP contribution in [-0.4, -0.2) is 26.8 Å². The highest BCUT2D eigenvalue weighted by Crippen LogP contribution is 2.35. The number of nitrogens with two attached hydrogens (primary N) is 1. The average molecular weight is 237 g/mol. The summed E-state index contributed by atoms with van der Waals surface area (Å²) in [5, 5.41) is 12.3. The summed E-state index contributed by atoms with van der Waals surface area (Å²) in [6.45, 7) is 0.741. The average Bonchev–Trinajstić information content (AvgIpc) is 2.68. The van der Waals surface area contributed by atoms with Crippen molar-refractivity contribution in [2.45, 2.75) is 51.4 Å². The first-order valence-electron chi connectivity index (χ1n) is 6.67. The molecule has 0 radical (unpaired) electrons. The number of hydrogen-bond donors (Lipinski definition) is 1. The Labute approximate surface area is 103 Å². The maximum atomic E-state index is 6.03. The van der Waals surface area contributed by atoms with Gasteiger partial charge < -0.3 is 5.73 Å². The lowest BCUT2D eigenvalue weighted by molar-refractivity contribution is 0.212. The molecule has 1 aromatic rings. The molecular weight excluding hydrogens is 214 g/mol. The van der Waals surface area contributed by atoms with E-state index < -0.39 is 0 Å². The van der Waals surface area contributed by atoms with Gasteiger partial charge in [-0.1, -0.05) is 32.1 Å². The number of hydrogen-bond acceptors (Lipinski definition) is 4. The van der Waals surface area contributed by atoms with Crippen molar-refractivity contribution in [1.29, 1.82) is 0 Å². The van der Waals surface area contributed by atoms with E-state index in [1.807, 2.05) is 7.05 Å². The van der Waals surface area contributed by atoms with Crippen LogP contribution in [-0.2, 0) is 13.5 Å².